The number of alkyl halides is 3. The zero-order valence-electron chi connectivity index (χ0n) is 8.95. The van der Waals surface area contributed by atoms with Gasteiger partial charge in [-0.05, 0) is 35.0 Å². The molecule has 18 heavy (non-hydrogen) atoms. The topological polar surface area (TPSA) is 32.9 Å². The summed E-state index contributed by atoms with van der Waals surface area (Å²) in [6.07, 6.45) is -4.73. The monoisotopic (exact) mass is 323 g/mol. The smallest absolute Gasteiger partial charge is 0.348 e. The Morgan fingerprint density at radius 3 is 2.44 bits per heavy atom. The van der Waals surface area contributed by atoms with Gasteiger partial charge in [-0.15, -0.1) is 0 Å². The lowest BCUT2D eigenvalue weighted by Gasteiger charge is -2.12. The van der Waals surface area contributed by atoms with Crippen LogP contribution in [0, 0.1) is 12.7 Å². The minimum absolute atomic E-state index is 0.125. The van der Waals surface area contributed by atoms with Crippen molar-refractivity contribution in [2.45, 2.75) is 13.1 Å². The van der Waals surface area contributed by atoms with Crippen LogP contribution >= 0.6 is 15.9 Å². The summed E-state index contributed by atoms with van der Waals surface area (Å²) in [5.41, 5.74) is -3.01. The first-order chi connectivity index (χ1) is 8.23. The highest BCUT2D eigenvalue weighted by atomic mass is 79.9. The number of pyridine rings is 1. The minimum atomic E-state index is -4.73. The van der Waals surface area contributed by atoms with Crippen LogP contribution < -0.4 is 5.43 Å². The van der Waals surface area contributed by atoms with Crippen molar-refractivity contribution in [3.63, 3.8) is 0 Å². The maximum atomic E-state index is 13.5. The highest BCUT2D eigenvalue weighted by molar-refractivity contribution is 9.10. The number of nitrogens with one attached hydrogen (secondary N) is 1. The Morgan fingerprint density at radius 2 is 1.89 bits per heavy atom. The van der Waals surface area contributed by atoms with Gasteiger partial charge in [-0.3, -0.25) is 4.79 Å². The van der Waals surface area contributed by atoms with Crippen LogP contribution in [0.5, 0.6) is 0 Å². The lowest BCUT2D eigenvalue weighted by molar-refractivity contribution is -0.141. The first-order valence-electron chi connectivity index (χ1n) is 4.81. The molecule has 2 aromatic rings. The van der Waals surface area contributed by atoms with Gasteiger partial charge in [-0.2, -0.15) is 13.2 Å². The van der Waals surface area contributed by atoms with E-state index in [1.54, 1.807) is 0 Å². The normalized spacial score (nSPS) is 12.1. The molecule has 1 aromatic carbocycles. The molecule has 0 aliphatic heterocycles. The standard InChI is InChI=1S/C11H6BrF4NO/c1-4-9(18)7-5(12)2-3-6(13)8(7)17-10(4)11(14,15)16/h2-3H,1H3,(H,17,18). The second-order valence-corrected chi connectivity index (χ2v) is 4.59. The fourth-order valence-electron chi connectivity index (χ4n) is 1.70. The third-order valence-corrected chi connectivity index (χ3v) is 3.24. The van der Waals surface area contributed by atoms with E-state index in [1.807, 2.05) is 4.98 Å². The predicted molar refractivity (Wildman–Crippen MR) is 62.0 cm³/mol. The number of aromatic amines is 1. The molecule has 0 unspecified atom stereocenters. The SMILES string of the molecule is Cc1c(C(F)(F)F)[nH]c2c(F)ccc(Br)c2c1=O. The van der Waals surface area contributed by atoms with Gasteiger partial charge in [0.05, 0.1) is 10.9 Å². The maximum Gasteiger partial charge on any atom is 0.431 e. The summed E-state index contributed by atoms with van der Waals surface area (Å²) in [4.78, 5) is 13.8. The highest BCUT2D eigenvalue weighted by Crippen LogP contribution is 2.32. The fraction of sp³-hybridized carbons (Fsp3) is 0.182. The molecule has 2 rings (SSSR count). The molecule has 1 aromatic heterocycles. The van der Waals surface area contributed by atoms with Crippen LogP contribution in [0.15, 0.2) is 21.4 Å². The summed E-state index contributed by atoms with van der Waals surface area (Å²) < 4.78 is 51.8. The molecule has 2 nitrogen and oxygen atoms in total. The summed E-state index contributed by atoms with van der Waals surface area (Å²) in [6.45, 7) is 1.05. The van der Waals surface area contributed by atoms with Crippen molar-refractivity contribution in [2.75, 3.05) is 0 Å². The van der Waals surface area contributed by atoms with Crippen molar-refractivity contribution in [1.82, 2.24) is 4.98 Å². The number of hydrogen-bond donors (Lipinski definition) is 1. The Morgan fingerprint density at radius 1 is 1.28 bits per heavy atom. The van der Waals surface area contributed by atoms with Gasteiger partial charge in [-0.25, -0.2) is 4.39 Å². The number of aromatic nitrogens is 1. The fourth-order valence-corrected chi connectivity index (χ4v) is 2.21. The quantitative estimate of drug-likeness (QED) is 0.736. The van der Waals surface area contributed by atoms with E-state index in [0.29, 0.717) is 0 Å². The molecule has 96 valence electrons. The molecule has 0 radical (unpaired) electrons. The summed E-state index contributed by atoms with van der Waals surface area (Å²) in [5.74, 6) is -0.907. The van der Waals surface area contributed by atoms with Crippen molar-refractivity contribution >= 4 is 26.8 Å². The average Bonchev–Trinajstić information content (AvgIpc) is 2.26. The molecule has 1 N–H and O–H groups in total. The largest absolute Gasteiger partial charge is 0.431 e. The first-order valence-corrected chi connectivity index (χ1v) is 5.60. The van der Waals surface area contributed by atoms with Gasteiger partial charge in [-0.1, -0.05) is 0 Å². The molecule has 0 bridgehead atoms. The van der Waals surface area contributed by atoms with Crippen LogP contribution in [0.2, 0.25) is 0 Å². The molecule has 0 spiro atoms. The molecule has 0 saturated heterocycles. The minimum Gasteiger partial charge on any atom is -0.348 e. The zero-order chi connectivity index (χ0) is 13.7. The van der Waals surface area contributed by atoms with E-state index in [4.69, 9.17) is 0 Å². The predicted octanol–water partition coefficient (Wildman–Crippen LogP) is 3.76. The van der Waals surface area contributed by atoms with Crippen molar-refractivity contribution in [1.29, 1.82) is 0 Å². The molecular weight excluding hydrogens is 318 g/mol. The first kappa shape index (κ1) is 13.1. The van der Waals surface area contributed by atoms with Crippen LogP contribution in [0.25, 0.3) is 10.9 Å². The zero-order valence-corrected chi connectivity index (χ0v) is 10.5. The van der Waals surface area contributed by atoms with E-state index in [0.717, 1.165) is 13.0 Å². The van der Waals surface area contributed by atoms with Crippen molar-refractivity contribution < 1.29 is 17.6 Å². The summed E-state index contributed by atoms with van der Waals surface area (Å²) in [7, 11) is 0. The number of rotatable bonds is 0. The average molecular weight is 324 g/mol. The van der Waals surface area contributed by atoms with Crippen molar-refractivity contribution in [2.24, 2.45) is 0 Å². The highest BCUT2D eigenvalue weighted by Gasteiger charge is 2.35. The van der Waals surface area contributed by atoms with E-state index >= 15 is 0 Å². The van der Waals surface area contributed by atoms with Crippen LogP contribution in [-0.2, 0) is 6.18 Å². The third kappa shape index (κ3) is 1.92. The van der Waals surface area contributed by atoms with Crippen molar-refractivity contribution in [3.8, 4) is 0 Å². The molecule has 0 fully saturated rings. The molecule has 0 aliphatic carbocycles. The van der Waals surface area contributed by atoms with Crippen LogP contribution in [-0.4, -0.2) is 4.98 Å². The molecular formula is C11H6BrF4NO. The number of halogens is 5. The summed E-state index contributed by atoms with van der Waals surface area (Å²) >= 11 is 3.02. The number of H-pyrrole nitrogens is 1. The summed E-state index contributed by atoms with van der Waals surface area (Å²) in [5, 5.41) is -0.125. The van der Waals surface area contributed by atoms with Gasteiger partial charge in [0.15, 0.2) is 5.43 Å². The Labute approximate surface area is 107 Å². The Kier molecular flexibility index (Phi) is 2.96. The lowest BCUT2D eigenvalue weighted by Crippen LogP contribution is -2.19. The number of hydrogen-bond acceptors (Lipinski definition) is 1. The Balaban J connectivity index is 3.02. The second kappa shape index (κ2) is 4.08. The van der Waals surface area contributed by atoms with Gasteiger partial charge in [0.1, 0.15) is 11.5 Å². The lowest BCUT2D eigenvalue weighted by atomic mass is 10.1. The maximum absolute atomic E-state index is 13.5. The van der Waals surface area contributed by atoms with E-state index < -0.39 is 34.2 Å². The van der Waals surface area contributed by atoms with Crippen LogP contribution in [0.4, 0.5) is 17.6 Å². The van der Waals surface area contributed by atoms with E-state index in [2.05, 4.69) is 15.9 Å². The third-order valence-electron chi connectivity index (χ3n) is 2.58. The van der Waals surface area contributed by atoms with Crippen LogP contribution in [0.1, 0.15) is 11.3 Å². The molecule has 0 aliphatic rings. The Hall–Kier alpha value is -1.37. The van der Waals surface area contributed by atoms with Gasteiger partial charge in [0.2, 0.25) is 0 Å². The van der Waals surface area contributed by atoms with E-state index in [1.165, 1.54) is 6.07 Å². The molecule has 7 heteroatoms. The van der Waals surface area contributed by atoms with Gasteiger partial charge in [0, 0.05) is 10.0 Å². The Bertz CT molecular complexity index is 690. The summed E-state index contributed by atoms with van der Waals surface area (Å²) in [6, 6.07) is 2.26. The van der Waals surface area contributed by atoms with Crippen molar-refractivity contribution in [3.05, 3.63) is 43.9 Å². The molecule has 0 saturated carbocycles. The van der Waals surface area contributed by atoms with Gasteiger partial charge >= 0.3 is 6.18 Å². The second-order valence-electron chi connectivity index (χ2n) is 3.73. The molecule has 0 atom stereocenters. The van der Waals surface area contributed by atoms with Gasteiger partial charge in [0.25, 0.3) is 0 Å². The number of fused-ring (bicyclic) bond motifs is 1. The van der Waals surface area contributed by atoms with Gasteiger partial charge < -0.3 is 4.98 Å². The molecule has 0 amide bonds. The molecule has 1 heterocycles. The van der Waals surface area contributed by atoms with E-state index in [9.17, 15) is 22.4 Å². The number of benzene rings is 1. The van der Waals surface area contributed by atoms with Crippen LogP contribution in [0.3, 0.4) is 0 Å². The van der Waals surface area contributed by atoms with E-state index in [-0.39, 0.29) is 9.86 Å².